The maximum absolute atomic E-state index is 13.9. The van der Waals surface area contributed by atoms with Crippen LogP contribution in [-0.4, -0.2) is 50.2 Å². The van der Waals surface area contributed by atoms with Crippen molar-refractivity contribution in [1.82, 2.24) is 9.88 Å². The van der Waals surface area contributed by atoms with Gasteiger partial charge >= 0.3 is 0 Å². The summed E-state index contributed by atoms with van der Waals surface area (Å²) >= 11 is 1.72. The first-order valence-electron chi connectivity index (χ1n) is 12.2. The van der Waals surface area contributed by atoms with E-state index in [1.165, 1.54) is 4.70 Å². The van der Waals surface area contributed by atoms with E-state index in [9.17, 15) is 4.79 Å². The Morgan fingerprint density at radius 2 is 1.77 bits per heavy atom. The van der Waals surface area contributed by atoms with Crippen LogP contribution in [0.4, 0.5) is 0 Å². The number of fused-ring (bicyclic) bond motifs is 1. The van der Waals surface area contributed by atoms with Gasteiger partial charge in [0.25, 0.3) is 0 Å². The van der Waals surface area contributed by atoms with Crippen LogP contribution in [0.2, 0.25) is 0 Å². The number of carbonyl (C=O) groups excluding carboxylic acids is 1. The van der Waals surface area contributed by atoms with Crippen molar-refractivity contribution in [1.29, 1.82) is 0 Å². The maximum Gasteiger partial charge on any atom is 0.229 e. The van der Waals surface area contributed by atoms with Gasteiger partial charge < -0.3 is 19.1 Å². The quantitative estimate of drug-likeness (QED) is 0.421. The highest BCUT2D eigenvalue weighted by atomic mass is 32.1. The second-order valence-electron chi connectivity index (χ2n) is 9.38. The van der Waals surface area contributed by atoms with Crippen molar-refractivity contribution in [3.63, 3.8) is 0 Å². The van der Waals surface area contributed by atoms with E-state index in [0.717, 1.165) is 71.7 Å². The molecule has 184 valence electrons. The molecule has 35 heavy (non-hydrogen) atoms. The molecule has 3 aromatic rings. The number of amides is 1. The zero-order valence-electron chi connectivity index (χ0n) is 20.6. The SMILES string of the molecule is COc1cc(OC)c(C2=CCN(C(=O)C3(Cc4nc5ccccc5s4)CCCC3)CC2)c(OC)c1. The minimum atomic E-state index is -0.339. The summed E-state index contributed by atoms with van der Waals surface area (Å²) in [5.74, 6) is 2.40. The largest absolute Gasteiger partial charge is 0.496 e. The summed E-state index contributed by atoms with van der Waals surface area (Å²) in [5, 5.41) is 1.07. The summed E-state index contributed by atoms with van der Waals surface area (Å²) in [6.45, 7) is 1.28. The molecule has 2 aromatic carbocycles. The van der Waals surface area contributed by atoms with Crippen molar-refractivity contribution in [2.75, 3.05) is 34.4 Å². The molecule has 0 radical (unpaired) electrons. The number of carbonyl (C=O) groups is 1. The third-order valence-electron chi connectivity index (χ3n) is 7.37. The van der Waals surface area contributed by atoms with Gasteiger partial charge in [0.05, 0.1) is 47.5 Å². The number of nitrogens with zero attached hydrogens (tertiary/aromatic N) is 2. The summed E-state index contributed by atoms with van der Waals surface area (Å²) in [7, 11) is 4.94. The monoisotopic (exact) mass is 492 g/mol. The number of aromatic nitrogens is 1. The Hall–Kier alpha value is -3.06. The van der Waals surface area contributed by atoms with E-state index in [-0.39, 0.29) is 11.3 Å². The molecule has 0 spiro atoms. The lowest BCUT2D eigenvalue weighted by Crippen LogP contribution is -2.45. The van der Waals surface area contributed by atoms with Gasteiger partial charge in [0.1, 0.15) is 17.2 Å². The number of hydrogen-bond acceptors (Lipinski definition) is 6. The van der Waals surface area contributed by atoms with Crippen molar-refractivity contribution >= 4 is 33.0 Å². The molecule has 1 fully saturated rings. The standard InChI is InChI=1S/C28H32N2O4S/c1-32-20-16-22(33-2)26(23(17-20)34-3)19-10-14-30(15-11-19)27(31)28(12-6-7-13-28)18-25-29-21-8-4-5-9-24(21)35-25/h4-5,8-10,16-17H,6-7,11-15,18H2,1-3H3. The van der Waals surface area contributed by atoms with Crippen LogP contribution < -0.4 is 14.2 Å². The topological polar surface area (TPSA) is 60.9 Å². The number of methoxy groups -OCH3 is 3. The van der Waals surface area contributed by atoms with Crippen LogP contribution in [0.3, 0.4) is 0 Å². The molecule has 7 heteroatoms. The highest BCUT2D eigenvalue weighted by Crippen LogP contribution is 2.45. The van der Waals surface area contributed by atoms with Gasteiger partial charge in [-0.05, 0) is 37.0 Å². The predicted molar refractivity (Wildman–Crippen MR) is 139 cm³/mol. The van der Waals surface area contributed by atoms with Gasteiger partial charge in [-0.25, -0.2) is 4.98 Å². The van der Waals surface area contributed by atoms with Crippen LogP contribution >= 0.6 is 11.3 Å². The van der Waals surface area contributed by atoms with Crippen LogP contribution in [0.5, 0.6) is 17.2 Å². The van der Waals surface area contributed by atoms with E-state index in [0.29, 0.717) is 18.8 Å². The molecule has 2 aliphatic rings. The Balaban J connectivity index is 1.38. The average Bonchev–Trinajstić information content (AvgIpc) is 3.54. The number of hydrogen-bond donors (Lipinski definition) is 0. The molecule has 1 aliphatic heterocycles. The van der Waals surface area contributed by atoms with Gasteiger partial charge in [-0.1, -0.05) is 31.1 Å². The molecule has 0 N–H and O–H groups in total. The minimum absolute atomic E-state index is 0.276. The van der Waals surface area contributed by atoms with Crippen LogP contribution in [0.1, 0.15) is 42.7 Å². The molecule has 1 amide bonds. The second kappa shape index (κ2) is 9.90. The number of ether oxygens (including phenoxy) is 3. The van der Waals surface area contributed by atoms with E-state index >= 15 is 0 Å². The van der Waals surface area contributed by atoms with Gasteiger partial charge in [-0.15, -0.1) is 11.3 Å². The Morgan fingerprint density at radius 3 is 2.37 bits per heavy atom. The van der Waals surface area contributed by atoms with E-state index in [1.54, 1.807) is 32.7 Å². The van der Waals surface area contributed by atoms with Gasteiger partial charge in [0.2, 0.25) is 5.91 Å². The third-order valence-corrected chi connectivity index (χ3v) is 8.41. The normalized spacial score (nSPS) is 17.3. The van der Waals surface area contributed by atoms with Crippen LogP contribution in [-0.2, 0) is 11.2 Å². The highest BCUT2D eigenvalue weighted by molar-refractivity contribution is 7.18. The first-order valence-corrected chi connectivity index (χ1v) is 13.0. The summed E-state index contributed by atoms with van der Waals surface area (Å²) < 4.78 is 17.9. The lowest BCUT2D eigenvalue weighted by atomic mass is 9.80. The molecular formula is C28H32N2O4S. The van der Waals surface area contributed by atoms with Crippen LogP contribution in [0.25, 0.3) is 15.8 Å². The van der Waals surface area contributed by atoms with E-state index in [2.05, 4.69) is 18.2 Å². The zero-order chi connectivity index (χ0) is 24.4. The predicted octanol–water partition coefficient (Wildman–Crippen LogP) is 5.74. The van der Waals surface area contributed by atoms with Crippen LogP contribution in [0.15, 0.2) is 42.5 Å². The molecular weight excluding hydrogens is 460 g/mol. The van der Waals surface area contributed by atoms with Crippen molar-refractivity contribution in [2.45, 2.75) is 38.5 Å². The van der Waals surface area contributed by atoms with Gasteiger partial charge in [-0.2, -0.15) is 0 Å². The molecule has 2 heterocycles. The molecule has 1 aromatic heterocycles. The molecule has 6 nitrogen and oxygen atoms in total. The summed E-state index contributed by atoms with van der Waals surface area (Å²) in [5.41, 5.74) is 2.76. The molecule has 5 rings (SSSR count). The second-order valence-corrected chi connectivity index (χ2v) is 10.5. The van der Waals surface area contributed by atoms with Gasteiger partial charge in [0, 0.05) is 31.6 Å². The average molecular weight is 493 g/mol. The molecule has 1 aliphatic carbocycles. The van der Waals surface area contributed by atoms with Crippen molar-refractivity contribution in [3.05, 3.63) is 53.0 Å². The fourth-order valence-electron chi connectivity index (χ4n) is 5.54. The van der Waals surface area contributed by atoms with Crippen molar-refractivity contribution < 1.29 is 19.0 Å². The smallest absolute Gasteiger partial charge is 0.229 e. The van der Waals surface area contributed by atoms with E-state index in [1.807, 2.05) is 29.2 Å². The van der Waals surface area contributed by atoms with Gasteiger partial charge in [-0.3, -0.25) is 4.79 Å². The minimum Gasteiger partial charge on any atom is -0.496 e. The highest BCUT2D eigenvalue weighted by Gasteiger charge is 2.44. The Bertz CT molecular complexity index is 1200. The Kier molecular flexibility index (Phi) is 6.69. The first kappa shape index (κ1) is 23.7. The van der Waals surface area contributed by atoms with Gasteiger partial charge in [0.15, 0.2) is 0 Å². The zero-order valence-corrected chi connectivity index (χ0v) is 21.5. The Labute approximate surface area is 210 Å². The molecule has 0 unspecified atom stereocenters. The summed E-state index contributed by atoms with van der Waals surface area (Å²) in [6.07, 6.45) is 7.72. The van der Waals surface area contributed by atoms with E-state index in [4.69, 9.17) is 19.2 Å². The third kappa shape index (κ3) is 4.49. The molecule has 0 atom stereocenters. The van der Waals surface area contributed by atoms with Crippen LogP contribution in [0, 0.1) is 5.41 Å². The lowest BCUT2D eigenvalue weighted by molar-refractivity contribution is -0.141. The van der Waals surface area contributed by atoms with E-state index < -0.39 is 0 Å². The first-order chi connectivity index (χ1) is 17.1. The number of para-hydroxylation sites is 1. The number of rotatable bonds is 7. The molecule has 0 saturated heterocycles. The summed E-state index contributed by atoms with van der Waals surface area (Å²) in [4.78, 5) is 20.8. The fourth-order valence-corrected chi connectivity index (χ4v) is 6.65. The maximum atomic E-state index is 13.9. The molecule has 0 bridgehead atoms. The molecule has 1 saturated carbocycles. The fraction of sp³-hybridized carbons (Fsp3) is 0.429. The summed E-state index contributed by atoms with van der Waals surface area (Å²) in [6, 6.07) is 12.0. The lowest BCUT2D eigenvalue weighted by Gasteiger charge is -2.36. The Morgan fingerprint density at radius 1 is 1.06 bits per heavy atom. The van der Waals surface area contributed by atoms with Crippen molar-refractivity contribution in [3.8, 4) is 17.2 Å². The number of benzene rings is 2. The number of thiazole rings is 1. The van der Waals surface area contributed by atoms with Crippen molar-refractivity contribution in [2.24, 2.45) is 5.41 Å².